The molecule has 0 aromatic heterocycles. The largest absolute Gasteiger partial charge is 0.457 e. The van der Waals surface area contributed by atoms with Crippen LogP contribution in [0.25, 0.3) is 87.6 Å². The summed E-state index contributed by atoms with van der Waals surface area (Å²) in [6.07, 6.45) is 1.91. The molecule has 0 saturated carbocycles. The number of fused-ring (bicyclic) bond motifs is 5. The highest BCUT2D eigenvalue weighted by Gasteiger charge is 2.39. The predicted molar refractivity (Wildman–Crippen MR) is 260 cm³/mol. The zero-order valence-corrected chi connectivity index (χ0v) is 34.6. The van der Waals surface area contributed by atoms with E-state index < -0.39 is 30.2 Å². The fourth-order valence-corrected chi connectivity index (χ4v) is 9.96. The molecule has 0 radical (unpaired) electrons. The van der Waals surface area contributed by atoms with Crippen LogP contribution >= 0.6 is 0 Å². The summed E-state index contributed by atoms with van der Waals surface area (Å²) < 4.78 is 87.2. The van der Waals surface area contributed by atoms with Gasteiger partial charge >= 0.3 is 0 Å². The Hall–Kier alpha value is -6.96. The van der Waals surface area contributed by atoms with Gasteiger partial charge in [0.1, 0.15) is 11.5 Å². The van der Waals surface area contributed by atoms with Crippen molar-refractivity contribution in [1.82, 2.24) is 0 Å². The van der Waals surface area contributed by atoms with Crippen LogP contribution in [0, 0.1) is 0 Å². The molecule has 1 aliphatic carbocycles. The minimum atomic E-state index is -0.528. The number of benzene rings is 10. The van der Waals surface area contributed by atoms with Gasteiger partial charge in [0, 0.05) is 0 Å². The molecule has 1 aliphatic rings. The maximum absolute atomic E-state index is 9.91. The van der Waals surface area contributed by atoms with Gasteiger partial charge in [-0.1, -0.05) is 191 Å². The summed E-state index contributed by atoms with van der Waals surface area (Å²) in [6.45, 7) is 9.12. The van der Waals surface area contributed by atoms with Gasteiger partial charge in [-0.25, -0.2) is 0 Å². The lowest BCUT2D eigenvalue weighted by atomic mass is 9.61. The second-order valence-electron chi connectivity index (χ2n) is 17.6. The Balaban J connectivity index is 1.31. The van der Waals surface area contributed by atoms with Gasteiger partial charge in [-0.05, 0) is 153 Å². The molecule has 0 spiro atoms. The summed E-state index contributed by atoms with van der Waals surface area (Å²) in [6, 6.07) is 43.3. The first-order valence-electron chi connectivity index (χ1n) is 25.5. The molecule has 0 aliphatic heterocycles. The third kappa shape index (κ3) is 6.22. The molecule has 1 nitrogen and oxygen atoms in total. The Morgan fingerprint density at radius 1 is 0.410 bits per heavy atom. The van der Waals surface area contributed by atoms with Crippen LogP contribution in [0.5, 0.6) is 11.5 Å². The zero-order valence-electron chi connectivity index (χ0n) is 43.6. The number of rotatable bonds is 6. The van der Waals surface area contributed by atoms with Crippen molar-refractivity contribution in [3.8, 4) is 56.0 Å². The molecule has 294 valence electrons. The van der Waals surface area contributed by atoms with E-state index in [4.69, 9.17) is 11.6 Å². The van der Waals surface area contributed by atoms with E-state index in [0.717, 1.165) is 73.3 Å². The van der Waals surface area contributed by atoms with E-state index in [1.807, 2.05) is 54.6 Å². The summed E-state index contributed by atoms with van der Waals surface area (Å²) in [5, 5.41) is 6.07. The predicted octanol–water partition coefficient (Wildman–Crippen LogP) is 17.1. The van der Waals surface area contributed by atoms with Crippen LogP contribution in [0.15, 0.2) is 194 Å². The van der Waals surface area contributed by atoms with Crippen molar-refractivity contribution >= 4 is 43.1 Å². The molecule has 61 heavy (non-hydrogen) atoms. The topological polar surface area (TPSA) is 9.23 Å². The van der Waals surface area contributed by atoms with Crippen LogP contribution in [0.4, 0.5) is 0 Å². The monoisotopic (exact) mass is 793 g/mol. The van der Waals surface area contributed by atoms with Crippen molar-refractivity contribution in [2.24, 2.45) is 0 Å². The molecule has 10 aromatic carbocycles. The van der Waals surface area contributed by atoms with Crippen molar-refractivity contribution in [1.29, 1.82) is 0 Å². The van der Waals surface area contributed by atoms with E-state index >= 15 is 0 Å². The number of hydrogen-bond acceptors (Lipinski definition) is 1. The van der Waals surface area contributed by atoms with Gasteiger partial charge in [-0.2, -0.15) is 0 Å². The molecule has 0 saturated heterocycles. The summed E-state index contributed by atoms with van der Waals surface area (Å²) in [4.78, 5) is 0. The molecule has 1 heteroatoms. The quantitative estimate of drug-likeness (QED) is 0.152. The van der Waals surface area contributed by atoms with Crippen LogP contribution in [-0.2, 0) is 10.8 Å². The second kappa shape index (κ2) is 14.4. The average molecular weight is 794 g/mol. The summed E-state index contributed by atoms with van der Waals surface area (Å²) in [7, 11) is 0. The molecular weight excluding hydrogens is 737 g/mol. The van der Waals surface area contributed by atoms with Gasteiger partial charge < -0.3 is 4.74 Å². The van der Waals surface area contributed by atoms with Gasteiger partial charge in [0.25, 0.3) is 0 Å². The third-order valence-corrected chi connectivity index (χ3v) is 13.0. The van der Waals surface area contributed by atoms with E-state index in [1.165, 1.54) is 5.56 Å². The molecule has 0 amide bonds. The summed E-state index contributed by atoms with van der Waals surface area (Å²) in [5.74, 6) is -0.133. The zero-order chi connectivity index (χ0) is 49.1. The van der Waals surface area contributed by atoms with E-state index in [1.54, 1.807) is 12.1 Å². The van der Waals surface area contributed by atoms with Crippen LogP contribution in [0.1, 0.15) is 64.0 Å². The fourth-order valence-electron chi connectivity index (χ4n) is 9.96. The van der Waals surface area contributed by atoms with Gasteiger partial charge in [0.05, 0.1) is 12.3 Å². The number of para-hydroxylation sites is 1. The molecular formula is C60H48O. The van der Waals surface area contributed by atoms with Gasteiger partial charge in [-0.15, -0.1) is 0 Å². The van der Waals surface area contributed by atoms with Crippen molar-refractivity contribution in [2.75, 3.05) is 0 Å². The highest BCUT2D eigenvalue weighted by molar-refractivity contribution is 6.24. The Morgan fingerprint density at radius 3 is 1.80 bits per heavy atom. The minimum Gasteiger partial charge on any atom is -0.457 e. The standard InChI is InChI=1S/C60H48O/c1-59(2)34-35-60(3,4)58-53(40-18-7-5-8-19-40)36-41(37-55(58)59)56-50-25-13-14-26-51(50)57(52-33-32-43(38-54(52)56)61-42-22-9-6-10-23-42)49-31-17-29-47-46(28-16-30-48(47)49)45-27-15-21-39-20-11-12-24-44(39)45/h5-33,36-38H,34-35H2,1-4H3/i6D,9D,10D,13D,14D,22D,23D,25D,26D. The first-order chi connectivity index (χ1) is 33.5. The van der Waals surface area contributed by atoms with Crippen molar-refractivity contribution < 1.29 is 17.1 Å². The highest BCUT2D eigenvalue weighted by atomic mass is 16.5. The Labute approximate surface area is 371 Å². The van der Waals surface area contributed by atoms with E-state index in [2.05, 4.69) is 100 Å². The molecule has 0 fully saturated rings. The normalized spacial score (nSPS) is 16.4. The maximum atomic E-state index is 9.91. The van der Waals surface area contributed by atoms with Crippen LogP contribution in [0.3, 0.4) is 0 Å². The third-order valence-electron chi connectivity index (χ3n) is 13.0. The van der Waals surface area contributed by atoms with Crippen molar-refractivity contribution in [3.05, 3.63) is 205 Å². The molecule has 0 unspecified atom stereocenters. The van der Waals surface area contributed by atoms with Crippen molar-refractivity contribution in [2.45, 2.75) is 51.4 Å². The van der Waals surface area contributed by atoms with E-state index in [-0.39, 0.29) is 46.5 Å². The molecule has 11 rings (SSSR count). The lowest BCUT2D eigenvalue weighted by Crippen LogP contribution is -2.34. The van der Waals surface area contributed by atoms with Crippen molar-refractivity contribution in [3.63, 3.8) is 0 Å². The molecule has 10 aromatic rings. The SMILES string of the molecule is [2H]c1c([2H])c([2H])c(Oc2ccc3c(-c4cccc5c(-c6cccc7ccccc67)cccc45)c4c([2H])c([2H])c([2H])c([2H])c4c(-c4cc(-c5ccccc5)c5c(c4)C(C)(C)CCC5(C)C)c3c2)c([2H])c1[2H]. The Kier molecular flexibility index (Phi) is 6.71. The smallest absolute Gasteiger partial charge is 0.128 e. The first kappa shape index (κ1) is 28.5. The number of ether oxygens (including phenoxy) is 1. The van der Waals surface area contributed by atoms with E-state index in [9.17, 15) is 5.48 Å². The lowest BCUT2D eigenvalue weighted by Gasteiger charge is -2.43. The van der Waals surface area contributed by atoms with Crippen LogP contribution < -0.4 is 4.74 Å². The Bertz CT molecular complexity index is 3820. The summed E-state index contributed by atoms with van der Waals surface area (Å²) in [5.41, 5.74) is 8.82. The summed E-state index contributed by atoms with van der Waals surface area (Å²) >= 11 is 0. The second-order valence-corrected chi connectivity index (χ2v) is 17.6. The highest BCUT2D eigenvalue weighted by Crippen LogP contribution is 2.53. The lowest BCUT2D eigenvalue weighted by molar-refractivity contribution is 0.333. The van der Waals surface area contributed by atoms with Gasteiger partial charge in [0.15, 0.2) is 0 Å². The van der Waals surface area contributed by atoms with Gasteiger partial charge in [-0.3, -0.25) is 0 Å². The van der Waals surface area contributed by atoms with Gasteiger partial charge in [0.2, 0.25) is 0 Å². The van der Waals surface area contributed by atoms with Crippen LogP contribution in [-0.4, -0.2) is 0 Å². The molecule has 0 atom stereocenters. The van der Waals surface area contributed by atoms with E-state index in [0.29, 0.717) is 32.7 Å². The Morgan fingerprint density at radius 2 is 1.02 bits per heavy atom. The minimum absolute atomic E-state index is 0.168. The maximum Gasteiger partial charge on any atom is 0.128 e. The fraction of sp³-hybridized carbons (Fsp3) is 0.133. The first-order valence-corrected chi connectivity index (χ1v) is 21.0. The molecule has 0 N–H and O–H groups in total. The van der Waals surface area contributed by atoms with Crippen LogP contribution in [0.2, 0.25) is 0 Å². The average Bonchev–Trinajstić information content (AvgIpc) is 3.37. The number of hydrogen-bond donors (Lipinski definition) is 0. The molecule has 0 heterocycles. The molecule has 0 bridgehead atoms.